The Morgan fingerprint density at radius 1 is 1.07 bits per heavy atom. The molecule has 0 saturated carbocycles. The molecule has 1 aliphatic heterocycles. The Bertz CT molecular complexity index is 1140. The highest BCUT2D eigenvalue weighted by Gasteiger charge is 2.51. The zero-order valence-corrected chi connectivity index (χ0v) is 16.1. The van der Waals surface area contributed by atoms with Crippen LogP contribution in [-0.2, 0) is 22.8 Å². The van der Waals surface area contributed by atoms with Gasteiger partial charge in [0, 0.05) is 22.1 Å². The fourth-order valence-electron chi connectivity index (χ4n) is 3.24. The van der Waals surface area contributed by atoms with Gasteiger partial charge in [0.1, 0.15) is 10.6 Å². The standard InChI is InChI=1S/C18H12BrF3N2O2S/c19-13-7-6-11-8-9-24-16(14(11)10-13)17(27(25,26)18(20,21)22)15(23-24)12-4-2-1-3-5-12/h1-7,10H,8-9H2. The van der Waals surface area contributed by atoms with Crippen LogP contribution in [0.3, 0.4) is 0 Å². The molecule has 1 aromatic heterocycles. The van der Waals surface area contributed by atoms with Gasteiger partial charge in [0.05, 0.1) is 5.69 Å². The van der Waals surface area contributed by atoms with Crippen molar-refractivity contribution in [1.82, 2.24) is 9.78 Å². The summed E-state index contributed by atoms with van der Waals surface area (Å²) in [6.07, 6.45) is 0.553. The molecule has 4 rings (SSSR count). The minimum atomic E-state index is -5.61. The minimum Gasteiger partial charge on any atom is -0.263 e. The molecule has 1 aliphatic rings. The lowest BCUT2D eigenvalue weighted by Gasteiger charge is -2.20. The van der Waals surface area contributed by atoms with Gasteiger partial charge in [-0.05, 0) is 24.1 Å². The molecule has 0 spiro atoms. The second-order valence-electron chi connectivity index (χ2n) is 6.12. The van der Waals surface area contributed by atoms with E-state index in [0.29, 0.717) is 28.6 Å². The van der Waals surface area contributed by atoms with Gasteiger partial charge in [-0.3, -0.25) is 4.68 Å². The zero-order chi connectivity index (χ0) is 19.4. The van der Waals surface area contributed by atoms with Gasteiger partial charge < -0.3 is 0 Å². The van der Waals surface area contributed by atoms with Gasteiger partial charge in [0.25, 0.3) is 9.84 Å². The molecular formula is C18H12BrF3N2O2S. The van der Waals surface area contributed by atoms with Crippen LogP contribution in [-0.4, -0.2) is 23.7 Å². The summed E-state index contributed by atoms with van der Waals surface area (Å²) in [6.45, 7) is 0.303. The molecule has 27 heavy (non-hydrogen) atoms. The van der Waals surface area contributed by atoms with Crippen molar-refractivity contribution in [2.24, 2.45) is 0 Å². The number of aryl methyl sites for hydroxylation is 2. The van der Waals surface area contributed by atoms with E-state index < -0.39 is 20.2 Å². The van der Waals surface area contributed by atoms with Crippen LogP contribution in [0.25, 0.3) is 22.5 Å². The largest absolute Gasteiger partial charge is 0.502 e. The average molecular weight is 457 g/mol. The third-order valence-electron chi connectivity index (χ3n) is 4.45. The molecule has 4 nitrogen and oxygen atoms in total. The summed E-state index contributed by atoms with van der Waals surface area (Å²) in [5.74, 6) is 0. The minimum absolute atomic E-state index is 0.0197. The number of aromatic nitrogens is 2. The van der Waals surface area contributed by atoms with Crippen LogP contribution in [0.2, 0.25) is 0 Å². The molecule has 2 heterocycles. The van der Waals surface area contributed by atoms with E-state index in [0.717, 1.165) is 5.56 Å². The number of nitrogens with zero attached hydrogens (tertiary/aromatic N) is 2. The van der Waals surface area contributed by atoms with Gasteiger partial charge in [0.15, 0.2) is 0 Å². The maximum absolute atomic E-state index is 13.5. The van der Waals surface area contributed by atoms with Crippen molar-refractivity contribution < 1.29 is 21.6 Å². The van der Waals surface area contributed by atoms with E-state index in [1.807, 2.05) is 0 Å². The van der Waals surface area contributed by atoms with Crippen LogP contribution < -0.4 is 0 Å². The predicted molar refractivity (Wildman–Crippen MR) is 97.7 cm³/mol. The van der Waals surface area contributed by atoms with Crippen molar-refractivity contribution in [2.45, 2.75) is 23.4 Å². The summed E-state index contributed by atoms with van der Waals surface area (Å²) in [5.41, 5.74) is -4.09. The van der Waals surface area contributed by atoms with Crippen LogP contribution in [0, 0.1) is 0 Å². The van der Waals surface area contributed by atoms with E-state index >= 15 is 0 Å². The first-order valence-corrected chi connectivity index (χ1v) is 10.2. The van der Waals surface area contributed by atoms with Crippen molar-refractivity contribution in [3.05, 3.63) is 58.6 Å². The molecule has 0 radical (unpaired) electrons. The Balaban J connectivity index is 2.11. The van der Waals surface area contributed by atoms with Crippen LogP contribution >= 0.6 is 15.9 Å². The van der Waals surface area contributed by atoms with E-state index in [2.05, 4.69) is 21.0 Å². The number of halogens is 4. The molecule has 0 saturated heterocycles. The highest BCUT2D eigenvalue weighted by atomic mass is 79.9. The molecule has 0 fully saturated rings. The lowest BCUT2D eigenvalue weighted by molar-refractivity contribution is -0.0435. The van der Waals surface area contributed by atoms with E-state index in [9.17, 15) is 21.6 Å². The van der Waals surface area contributed by atoms with E-state index in [4.69, 9.17) is 0 Å². The van der Waals surface area contributed by atoms with Gasteiger partial charge in [-0.15, -0.1) is 0 Å². The molecule has 0 N–H and O–H groups in total. The van der Waals surface area contributed by atoms with Gasteiger partial charge in [0.2, 0.25) is 0 Å². The quantitative estimate of drug-likeness (QED) is 0.554. The van der Waals surface area contributed by atoms with Crippen molar-refractivity contribution in [3.63, 3.8) is 0 Å². The average Bonchev–Trinajstić information content (AvgIpc) is 3.02. The number of benzene rings is 2. The number of hydrogen-bond acceptors (Lipinski definition) is 3. The lowest BCUT2D eigenvalue weighted by atomic mass is 9.98. The highest BCUT2D eigenvalue weighted by molar-refractivity contribution is 9.10. The van der Waals surface area contributed by atoms with Crippen molar-refractivity contribution in [3.8, 4) is 22.5 Å². The summed E-state index contributed by atoms with van der Waals surface area (Å²) < 4.78 is 67.4. The normalized spacial score (nSPS) is 13.9. The number of rotatable bonds is 2. The number of hydrogen-bond donors (Lipinski definition) is 0. The number of alkyl halides is 3. The Labute approximate surface area is 161 Å². The van der Waals surface area contributed by atoms with Gasteiger partial charge >= 0.3 is 5.51 Å². The summed E-state index contributed by atoms with van der Waals surface area (Å²) in [5, 5.41) is 4.25. The first-order valence-electron chi connectivity index (χ1n) is 7.96. The SMILES string of the molecule is O=S(=O)(c1c(-c2ccccc2)nn2c1-c1cc(Br)ccc1CC2)C(F)(F)F. The summed E-state index contributed by atoms with van der Waals surface area (Å²) in [4.78, 5) is -0.791. The number of sulfone groups is 1. The van der Waals surface area contributed by atoms with Crippen LogP contribution in [0.4, 0.5) is 13.2 Å². The summed E-state index contributed by atoms with van der Waals surface area (Å²) >= 11 is 3.31. The monoisotopic (exact) mass is 456 g/mol. The summed E-state index contributed by atoms with van der Waals surface area (Å²) in [7, 11) is -5.61. The highest BCUT2D eigenvalue weighted by Crippen LogP contribution is 2.44. The molecule has 140 valence electrons. The molecule has 0 unspecified atom stereocenters. The fraction of sp³-hybridized carbons (Fsp3) is 0.167. The molecule has 3 aromatic rings. The van der Waals surface area contributed by atoms with Crippen LogP contribution in [0.1, 0.15) is 5.56 Å². The van der Waals surface area contributed by atoms with Gasteiger partial charge in [-0.2, -0.15) is 18.3 Å². The maximum atomic E-state index is 13.5. The Hall–Kier alpha value is -2.13. The molecule has 9 heteroatoms. The Morgan fingerprint density at radius 3 is 2.44 bits per heavy atom. The number of fused-ring (bicyclic) bond motifs is 3. The third-order valence-corrected chi connectivity index (χ3v) is 6.48. The van der Waals surface area contributed by atoms with E-state index in [1.54, 1.807) is 48.5 Å². The molecule has 0 aliphatic carbocycles. The second-order valence-corrected chi connectivity index (χ2v) is 8.91. The molecule has 0 atom stereocenters. The topological polar surface area (TPSA) is 52.0 Å². The maximum Gasteiger partial charge on any atom is 0.502 e. The van der Waals surface area contributed by atoms with Crippen LogP contribution in [0.15, 0.2) is 57.9 Å². The zero-order valence-electron chi connectivity index (χ0n) is 13.7. The predicted octanol–water partition coefficient (Wildman–Crippen LogP) is 4.83. The van der Waals surface area contributed by atoms with E-state index in [1.165, 1.54) is 4.68 Å². The molecule has 0 amide bonds. The fourth-order valence-corrected chi connectivity index (χ4v) is 4.71. The third kappa shape index (κ3) is 2.89. The smallest absolute Gasteiger partial charge is 0.263 e. The first kappa shape index (κ1) is 18.2. The van der Waals surface area contributed by atoms with Crippen molar-refractivity contribution >= 4 is 25.8 Å². The molecule has 2 aromatic carbocycles. The van der Waals surface area contributed by atoms with Crippen LogP contribution in [0.5, 0.6) is 0 Å². The summed E-state index contributed by atoms with van der Waals surface area (Å²) in [6, 6.07) is 13.2. The Kier molecular flexibility index (Phi) is 4.19. The van der Waals surface area contributed by atoms with Crippen molar-refractivity contribution in [1.29, 1.82) is 0 Å². The van der Waals surface area contributed by atoms with Gasteiger partial charge in [-0.25, -0.2) is 8.42 Å². The van der Waals surface area contributed by atoms with Gasteiger partial charge in [-0.1, -0.05) is 52.3 Å². The molecule has 0 bridgehead atoms. The molecular weight excluding hydrogens is 445 g/mol. The first-order chi connectivity index (χ1) is 12.7. The van der Waals surface area contributed by atoms with Crippen molar-refractivity contribution in [2.75, 3.05) is 0 Å². The Morgan fingerprint density at radius 2 is 1.78 bits per heavy atom. The second kappa shape index (κ2) is 6.20. The van der Waals surface area contributed by atoms with E-state index in [-0.39, 0.29) is 11.4 Å². The lowest BCUT2D eigenvalue weighted by Crippen LogP contribution is -2.24.